The Morgan fingerprint density at radius 1 is 0.789 bits per heavy atom. The predicted octanol–water partition coefficient (Wildman–Crippen LogP) is 2.29. The van der Waals surface area contributed by atoms with Crippen LogP contribution in [0.25, 0.3) is 0 Å². The number of ether oxygens (including phenoxy) is 4. The van der Waals surface area contributed by atoms with Crippen molar-refractivity contribution in [1.29, 1.82) is 0 Å². The van der Waals surface area contributed by atoms with Gasteiger partial charge in [0.25, 0.3) is 0 Å². The third-order valence-corrected chi connectivity index (χ3v) is 2.33. The van der Waals surface area contributed by atoms with Gasteiger partial charge in [0, 0.05) is 6.07 Å². The lowest BCUT2D eigenvalue weighted by Crippen LogP contribution is -1.98. The highest BCUT2D eigenvalue weighted by Crippen LogP contribution is 2.25. The van der Waals surface area contributed by atoms with Gasteiger partial charge in [-0.15, -0.1) is 0 Å². The average molecular weight is 262 g/mol. The van der Waals surface area contributed by atoms with Crippen LogP contribution < -0.4 is 18.9 Å². The van der Waals surface area contributed by atoms with Crippen LogP contribution in [-0.4, -0.2) is 31.3 Å². The maximum atomic E-state index is 5.54. The molecule has 0 fully saturated rings. The number of aromatic nitrogens is 2. The second-order valence-electron chi connectivity index (χ2n) is 3.52. The molecule has 1 aromatic carbocycles. The van der Waals surface area contributed by atoms with Crippen molar-refractivity contribution in [3.63, 3.8) is 0 Å². The molecule has 0 aliphatic heterocycles. The van der Waals surface area contributed by atoms with Gasteiger partial charge in [0.05, 0.1) is 27.4 Å². The summed E-state index contributed by atoms with van der Waals surface area (Å²) in [5, 5.41) is 0. The van der Waals surface area contributed by atoms with Crippen LogP contribution >= 0.6 is 0 Å². The smallest absolute Gasteiger partial charge is 0.328 e. The third-order valence-electron chi connectivity index (χ3n) is 2.33. The van der Waals surface area contributed by atoms with Crippen LogP contribution in [-0.2, 0) is 0 Å². The third kappa shape index (κ3) is 3.25. The zero-order valence-corrected chi connectivity index (χ0v) is 10.9. The molecule has 0 aliphatic rings. The summed E-state index contributed by atoms with van der Waals surface area (Å²) in [4.78, 5) is 8.15. The standard InChI is InChI=1S/C13H14N2O4/c1-16-9-5-4-6-10(7-9)19-13-14-11(17-2)8-12(15-13)18-3/h4-8H,1-3H3. The van der Waals surface area contributed by atoms with E-state index in [1.165, 1.54) is 14.2 Å². The Labute approximate surface area is 110 Å². The first-order valence-corrected chi connectivity index (χ1v) is 5.54. The summed E-state index contributed by atoms with van der Waals surface area (Å²) in [5.41, 5.74) is 0. The molecule has 1 heterocycles. The second-order valence-corrected chi connectivity index (χ2v) is 3.52. The van der Waals surface area contributed by atoms with Crippen LogP contribution in [0.3, 0.4) is 0 Å². The van der Waals surface area contributed by atoms with Gasteiger partial charge in [0.2, 0.25) is 11.8 Å². The van der Waals surface area contributed by atoms with Gasteiger partial charge in [0.1, 0.15) is 11.5 Å². The minimum atomic E-state index is 0.143. The summed E-state index contributed by atoms with van der Waals surface area (Å²) in [7, 11) is 4.61. The van der Waals surface area contributed by atoms with Crippen LogP contribution in [0.15, 0.2) is 30.3 Å². The zero-order chi connectivity index (χ0) is 13.7. The van der Waals surface area contributed by atoms with Crippen molar-refractivity contribution < 1.29 is 18.9 Å². The molecule has 2 rings (SSSR count). The Kier molecular flexibility index (Phi) is 4.02. The highest BCUT2D eigenvalue weighted by atomic mass is 16.5. The first-order chi connectivity index (χ1) is 9.25. The van der Waals surface area contributed by atoms with Crippen molar-refractivity contribution in [2.75, 3.05) is 21.3 Å². The van der Waals surface area contributed by atoms with E-state index in [1.54, 1.807) is 25.3 Å². The molecule has 0 spiro atoms. The van der Waals surface area contributed by atoms with E-state index in [0.29, 0.717) is 23.3 Å². The first kappa shape index (κ1) is 12.9. The van der Waals surface area contributed by atoms with Gasteiger partial charge in [-0.3, -0.25) is 0 Å². The van der Waals surface area contributed by atoms with Crippen molar-refractivity contribution in [3.05, 3.63) is 30.3 Å². The van der Waals surface area contributed by atoms with E-state index < -0.39 is 0 Å². The number of methoxy groups -OCH3 is 3. The monoisotopic (exact) mass is 262 g/mol. The molecule has 0 amide bonds. The lowest BCUT2D eigenvalue weighted by atomic mass is 10.3. The van der Waals surface area contributed by atoms with Crippen LogP contribution in [0.5, 0.6) is 29.3 Å². The largest absolute Gasteiger partial charge is 0.497 e. The predicted molar refractivity (Wildman–Crippen MR) is 68.2 cm³/mol. The van der Waals surface area contributed by atoms with Gasteiger partial charge in [0.15, 0.2) is 0 Å². The van der Waals surface area contributed by atoms with Crippen molar-refractivity contribution in [1.82, 2.24) is 9.97 Å². The van der Waals surface area contributed by atoms with Gasteiger partial charge in [-0.05, 0) is 12.1 Å². The van der Waals surface area contributed by atoms with Gasteiger partial charge in [-0.2, -0.15) is 9.97 Å². The number of nitrogens with zero attached hydrogens (tertiary/aromatic N) is 2. The van der Waals surface area contributed by atoms with Crippen molar-refractivity contribution >= 4 is 0 Å². The molecule has 2 aromatic rings. The first-order valence-electron chi connectivity index (χ1n) is 5.54. The van der Waals surface area contributed by atoms with E-state index in [4.69, 9.17) is 18.9 Å². The molecule has 0 atom stereocenters. The lowest BCUT2D eigenvalue weighted by Gasteiger charge is -2.08. The van der Waals surface area contributed by atoms with E-state index in [-0.39, 0.29) is 6.01 Å². The molecule has 0 bridgehead atoms. The van der Waals surface area contributed by atoms with E-state index >= 15 is 0 Å². The van der Waals surface area contributed by atoms with Crippen LogP contribution in [0, 0.1) is 0 Å². The van der Waals surface area contributed by atoms with Crippen molar-refractivity contribution in [2.45, 2.75) is 0 Å². The molecule has 0 saturated carbocycles. The van der Waals surface area contributed by atoms with Gasteiger partial charge < -0.3 is 18.9 Å². The quantitative estimate of drug-likeness (QED) is 0.823. The Morgan fingerprint density at radius 2 is 1.42 bits per heavy atom. The number of hydrogen-bond acceptors (Lipinski definition) is 6. The minimum absolute atomic E-state index is 0.143. The molecule has 6 nitrogen and oxygen atoms in total. The molecular weight excluding hydrogens is 248 g/mol. The van der Waals surface area contributed by atoms with Crippen LogP contribution in [0.2, 0.25) is 0 Å². The molecule has 0 radical (unpaired) electrons. The summed E-state index contributed by atoms with van der Waals surface area (Å²) in [6, 6.07) is 8.85. The molecule has 0 N–H and O–H groups in total. The molecular formula is C13H14N2O4. The van der Waals surface area contributed by atoms with Crippen LogP contribution in [0.1, 0.15) is 0 Å². The van der Waals surface area contributed by atoms with Gasteiger partial charge in [-0.25, -0.2) is 0 Å². The minimum Gasteiger partial charge on any atom is -0.497 e. The maximum Gasteiger partial charge on any atom is 0.328 e. The second kappa shape index (κ2) is 5.90. The molecule has 6 heteroatoms. The average Bonchev–Trinajstić information content (AvgIpc) is 2.47. The SMILES string of the molecule is COc1cccc(Oc2nc(OC)cc(OC)n2)c1. The van der Waals surface area contributed by atoms with Gasteiger partial charge in [-0.1, -0.05) is 6.07 Å². The van der Waals surface area contributed by atoms with E-state index in [9.17, 15) is 0 Å². The molecule has 100 valence electrons. The van der Waals surface area contributed by atoms with Crippen LogP contribution in [0.4, 0.5) is 0 Å². The summed E-state index contributed by atoms with van der Waals surface area (Å²) >= 11 is 0. The zero-order valence-electron chi connectivity index (χ0n) is 10.9. The van der Waals surface area contributed by atoms with E-state index in [1.807, 2.05) is 12.1 Å². The van der Waals surface area contributed by atoms with Crippen molar-refractivity contribution in [2.24, 2.45) is 0 Å². The summed E-state index contributed by atoms with van der Waals surface area (Å²) in [6.07, 6.45) is 0. The highest BCUT2D eigenvalue weighted by Gasteiger charge is 2.08. The molecule has 19 heavy (non-hydrogen) atoms. The Hall–Kier alpha value is -2.50. The molecule has 0 unspecified atom stereocenters. The summed E-state index contributed by atoms with van der Waals surface area (Å²) < 4.78 is 20.7. The summed E-state index contributed by atoms with van der Waals surface area (Å²) in [6.45, 7) is 0. The lowest BCUT2D eigenvalue weighted by molar-refractivity contribution is 0.347. The fourth-order valence-electron chi connectivity index (χ4n) is 1.41. The normalized spacial score (nSPS) is 9.84. The topological polar surface area (TPSA) is 62.7 Å². The maximum absolute atomic E-state index is 5.54. The fourth-order valence-corrected chi connectivity index (χ4v) is 1.41. The Bertz CT molecular complexity index is 538. The number of benzene rings is 1. The van der Waals surface area contributed by atoms with Crippen molar-refractivity contribution in [3.8, 4) is 29.3 Å². The van der Waals surface area contributed by atoms with E-state index in [0.717, 1.165) is 0 Å². The molecule has 0 aliphatic carbocycles. The van der Waals surface area contributed by atoms with E-state index in [2.05, 4.69) is 9.97 Å². The molecule has 0 saturated heterocycles. The van der Waals surface area contributed by atoms with Gasteiger partial charge >= 0.3 is 6.01 Å². The number of rotatable bonds is 5. The molecule has 1 aromatic heterocycles. The highest BCUT2D eigenvalue weighted by molar-refractivity contribution is 5.35. The summed E-state index contributed by atoms with van der Waals surface area (Å²) in [5.74, 6) is 1.98. The fraction of sp³-hybridized carbons (Fsp3) is 0.231. The number of hydrogen-bond donors (Lipinski definition) is 0. The Balaban J connectivity index is 2.26. The Morgan fingerprint density at radius 3 is 2.00 bits per heavy atom.